The van der Waals surface area contributed by atoms with E-state index in [0.29, 0.717) is 18.7 Å². The number of amides is 1. The number of nitrogens with one attached hydrogen (secondary N) is 1. The molecule has 1 aromatic carbocycles. The standard InChI is InChI=1S/C12H13BrN2O3S/c1-2-19(17,18)14-5-6-15-8-9-3-4-10(13)7-11(9)12(15)16/h2-4,7,14H,1,5-6,8H2. The van der Waals surface area contributed by atoms with Crippen LogP contribution in [-0.2, 0) is 16.6 Å². The summed E-state index contributed by atoms with van der Waals surface area (Å²) >= 11 is 3.33. The summed E-state index contributed by atoms with van der Waals surface area (Å²) in [4.78, 5) is 13.7. The molecule has 0 bridgehead atoms. The van der Waals surface area contributed by atoms with Gasteiger partial charge in [0.25, 0.3) is 5.91 Å². The van der Waals surface area contributed by atoms with E-state index in [9.17, 15) is 13.2 Å². The van der Waals surface area contributed by atoms with Gasteiger partial charge in [-0.1, -0.05) is 28.6 Å². The third-order valence-corrected chi connectivity index (χ3v) is 4.39. The minimum absolute atomic E-state index is 0.0749. The van der Waals surface area contributed by atoms with Gasteiger partial charge in [0.15, 0.2) is 0 Å². The van der Waals surface area contributed by atoms with Crippen molar-refractivity contribution in [3.8, 4) is 0 Å². The van der Waals surface area contributed by atoms with Gasteiger partial charge in [-0.25, -0.2) is 13.1 Å². The average molecular weight is 345 g/mol. The lowest BCUT2D eigenvalue weighted by atomic mass is 10.1. The van der Waals surface area contributed by atoms with Crippen LogP contribution >= 0.6 is 15.9 Å². The first kappa shape index (κ1) is 14.2. The molecule has 5 nitrogen and oxygen atoms in total. The van der Waals surface area contributed by atoms with Gasteiger partial charge in [-0.15, -0.1) is 0 Å². The predicted octanol–water partition coefficient (Wildman–Crippen LogP) is 1.47. The van der Waals surface area contributed by atoms with E-state index in [4.69, 9.17) is 0 Å². The van der Waals surface area contributed by atoms with Gasteiger partial charge in [-0.05, 0) is 17.7 Å². The molecule has 2 rings (SSSR count). The number of nitrogens with zero attached hydrogens (tertiary/aromatic N) is 1. The van der Waals surface area contributed by atoms with E-state index in [0.717, 1.165) is 15.4 Å². The molecule has 0 spiro atoms. The molecular formula is C12H13BrN2O3S. The number of carbonyl (C=O) groups excluding carboxylic acids is 1. The SMILES string of the molecule is C=CS(=O)(=O)NCCN1Cc2ccc(Br)cc2C1=O. The summed E-state index contributed by atoms with van der Waals surface area (Å²) in [5.74, 6) is -0.0749. The third-order valence-electron chi connectivity index (χ3n) is 2.86. The second-order valence-electron chi connectivity index (χ2n) is 4.13. The highest BCUT2D eigenvalue weighted by Crippen LogP contribution is 2.25. The van der Waals surface area contributed by atoms with E-state index in [-0.39, 0.29) is 12.5 Å². The van der Waals surface area contributed by atoms with Crippen LogP contribution in [0.5, 0.6) is 0 Å². The van der Waals surface area contributed by atoms with Crippen molar-refractivity contribution in [1.29, 1.82) is 0 Å². The number of rotatable bonds is 5. The predicted molar refractivity (Wildman–Crippen MR) is 76.0 cm³/mol. The highest BCUT2D eigenvalue weighted by atomic mass is 79.9. The minimum Gasteiger partial charge on any atom is -0.333 e. The van der Waals surface area contributed by atoms with Gasteiger partial charge >= 0.3 is 0 Å². The lowest BCUT2D eigenvalue weighted by Gasteiger charge is -2.15. The van der Waals surface area contributed by atoms with E-state index in [1.165, 1.54) is 0 Å². The van der Waals surface area contributed by atoms with Gasteiger partial charge in [0, 0.05) is 35.1 Å². The van der Waals surface area contributed by atoms with Gasteiger partial charge in [0.05, 0.1) is 0 Å². The first-order valence-electron chi connectivity index (χ1n) is 5.63. The van der Waals surface area contributed by atoms with Gasteiger partial charge in [-0.3, -0.25) is 4.79 Å². The Balaban J connectivity index is 1.99. The van der Waals surface area contributed by atoms with Crippen LogP contribution in [0.15, 0.2) is 34.7 Å². The molecule has 1 aliphatic heterocycles. The molecule has 19 heavy (non-hydrogen) atoms. The maximum atomic E-state index is 12.1. The first-order chi connectivity index (χ1) is 8.93. The number of halogens is 1. The summed E-state index contributed by atoms with van der Waals surface area (Å²) in [5.41, 5.74) is 1.63. The Bertz CT molecular complexity index is 628. The van der Waals surface area contributed by atoms with Crippen LogP contribution in [-0.4, -0.2) is 32.3 Å². The zero-order valence-electron chi connectivity index (χ0n) is 10.1. The molecule has 0 aliphatic carbocycles. The number of benzene rings is 1. The molecule has 0 atom stereocenters. The molecule has 102 valence electrons. The lowest BCUT2D eigenvalue weighted by Crippen LogP contribution is -2.34. The van der Waals surface area contributed by atoms with Crippen LogP contribution in [0, 0.1) is 0 Å². The molecule has 0 fully saturated rings. The average Bonchev–Trinajstić information content (AvgIpc) is 2.67. The Hall–Kier alpha value is -1.18. The van der Waals surface area contributed by atoms with Gasteiger partial charge in [0.1, 0.15) is 0 Å². The molecule has 0 unspecified atom stereocenters. The molecule has 0 radical (unpaired) electrons. The van der Waals surface area contributed by atoms with Gasteiger partial charge in [-0.2, -0.15) is 0 Å². The fourth-order valence-corrected chi connectivity index (χ4v) is 2.75. The van der Waals surface area contributed by atoms with E-state index in [1.54, 1.807) is 11.0 Å². The van der Waals surface area contributed by atoms with E-state index in [2.05, 4.69) is 27.2 Å². The normalized spacial score (nSPS) is 14.6. The minimum atomic E-state index is -3.43. The maximum absolute atomic E-state index is 12.1. The summed E-state index contributed by atoms with van der Waals surface area (Å²) in [7, 11) is -3.43. The number of sulfonamides is 1. The smallest absolute Gasteiger partial charge is 0.254 e. The Labute approximate surface area is 120 Å². The summed E-state index contributed by atoms with van der Waals surface area (Å²) in [6.45, 7) is 4.22. The van der Waals surface area contributed by atoms with Crippen LogP contribution in [0.2, 0.25) is 0 Å². The summed E-state index contributed by atoms with van der Waals surface area (Å²) in [6, 6.07) is 5.56. The largest absolute Gasteiger partial charge is 0.333 e. The monoisotopic (exact) mass is 344 g/mol. The molecular weight excluding hydrogens is 332 g/mol. The number of hydrogen-bond acceptors (Lipinski definition) is 3. The van der Waals surface area contributed by atoms with Crippen LogP contribution in [0.25, 0.3) is 0 Å². The first-order valence-corrected chi connectivity index (χ1v) is 7.97. The third kappa shape index (κ3) is 3.23. The molecule has 7 heteroatoms. The van der Waals surface area contributed by atoms with E-state index in [1.807, 2.05) is 12.1 Å². The van der Waals surface area contributed by atoms with E-state index < -0.39 is 10.0 Å². The van der Waals surface area contributed by atoms with Crippen molar-refractivity contribution in [2.75, 3.05) is 13.1 Å². The van der Waals surface area contributed by atoms with Crippen molar-refractivity contribution in [3.63, 3.8) is 0 Å². The number of hydrogen-bond donors (Lipinski definition) is 1. The Morgan fingerprint density at radius 3 is 2.89 bits per heavy atom. The zero-order chi connectivity index (χ0) is 14.0. The van der Waals surface area contributed by atoms with E-state index >= 15 is 0 Å². The van der Waals surface area contributed by atoms with Crippen molar-refractivity contribution in [2.45, 2.75) is 6.54 Å². The summed E-state index contributed by atoms with van der Waals surface area (Å²) < 4.78 is 25.6. The van der Waals surface area contributed by atoms with Crippen LogP contribution in [0.3, 0.4) is 0 Å². The van der Waals surface area contributed by atoms with Crippen molar-refractivity contribution in [3.05, 3.63) is 45.8 Å². The second-order valence-corrected chi connectivity index (χ2v) is 6.76. The van der Waals surface area contributed by atoms with Crippen molar-refractivity contribution in [2.24, 2.45) is 0 Å². The molecule has 1 heterocycles. The molecule has 0 aromatic heterocycles. The Kier molecular flexibility index (Phi) is 4.07. The summed E-state index contributed by atoms with van der Waals surface area (Å²) in [5, 5.41) is 0.852. The highest BCUT2D eigenvalue weighted by Gasteiger charge is 2.26. The molecule has 1 N–H and O–H groups in total. The van der Waals surface area contributed by atoms with Crippen molar-refractivity contribution >= 4 is 31.9 Å². The fraction of sp³-hybridized carbons (Fsp3) is 0.250. The second kappa shape index (κ2) is 5.44. The van der Waals surface area contributed by atoms with Gasteiger partial charge in [0.2, 0.25) is 10.0 Å². The Morgan fingerprint density at radius 2 is 2.21 bits per heavy atom. The molecule has 0 saturated carbocycles. The van der Waals surface area contributed by atoms with Crippen molar-refractivity contribution in [1.82, 2.24) is 9.62 Å². The topological polar surface area (TPSA) is 66.5 Å². The number of carbonyl (C=O) groups is 1. The Morgan fingerprint density at radius 1 is 1.47 bits per heavy atom. The van der Waals surface area contributed by atoms with Crippen molar-refractivity contribution < 1.29 is 13.2 Å². The highest BCUT2D eigenvalue weighted by molar-refractivity contribution is 9.10. The van der Waals surface area contributed by atoms with Crippen LogP contribution in [0.4, 0.5) is 0 Å². The quantitative estimate of drug-likeness (QED) is 0.879. The van der Waals surface area contributed by atoms with Gasteiger partial charge < -0.3 is 4.90 Å². The maximum Gasteiger partial charge on any atom is 0.254 e. The fourth-order valence-electron chi connectivity index (χ4n) is 1.90. The molecule has 1 aliphatic rings. The zero-order valence-corrected chi connectivity index (χ0v) is 12.5. The number of fused-ring (bicyclic) bond motifs is 1. The summed E-state index contributed by atoms with van der Waals surface area (Å²) in [6.07, 6.45) is 0. The lowest BCUT2D eigenvalue weighted by molar-refractivity contribution is 0.0781. The van der Waals surface area contributed by atoms with Crippen LogP contribution < -0.4 is 4.72 Å². The molecule has 1 amide bonds. The van der Waals surface area contributed by atoms with Crippen LogP contribution in [0.1, 0.15) is 15.9 Å². The molecule has 0 saturated heterocycles. The molecule has 1 aromatic rings.